The Morgan fingerprint density at radius 2 is 2.00 bits per heavy atom. The largest absolute Gasteiger partial charge is 0.312 e. The van der Waals surface area contributed by atoms with E-state index in [0.717, 1.165) is 18.3 Å². The summed E-state index contributed by atoms with van der Waals surface area (Å²) in [5, 5.41) is 7.17. The molecule has 0 aromatic heterocycles. The van der Waals surface area contributed by atoms with Crippen molar-refractivity contribution in [1.82, 2.24) is 5.32 Å². The molecule has 2 heteroatoms. The lowest BCUT2D eigenvalue weighted by molar-refractivity contribution is 0.648. The fourth-order valence-electron chi connectivity index (χ4n) is 2.62. The molecule has 1 aliphatic rings. The van der Waals surface area contributed by atoms with Crippen molar-refractivity contribution >= 4 is 22.5 Å². The first kappa shape index (κ1) is 12.1. The van der Waals surface area contributed by atoms with Gasteiger partial charge in [-0.1, -0.05) is 42.5 Å². The van der Waals surface area contributed by atoms with Crippen molar-refractivity contribution in [2.45, 2.75) is 24.6 Å². The van der Waals surface area contributed by atoms with E-state index in [-0.39, 0.29) is 0 Å². The van der Waals surface area contributed by atoms with Gasteiger partial charge < -0.3 is 5.32 Å². The van der Waals surface area contributed by atoms with Gasteiger partial charge in [-0.15, -0.1) is 0 Å². The Morgan fingerprint density at radius 1 is 1.11 bits per heavy atom. The zero-order valence-corrected chi connectivity index (χ0v) is 11.4. The molecular weight excluding hydrogens is 238 g/mol. The Kier molecular flexibility index (Phi) is 3.87. The van der Waals surface area contributed by atoms with Gasteiger partial charge in [0.05, 0.1) is 0 Å². The number of rotatable bonds is 4. The first-order valence-electron chi connectivity index (χ1n) is 6.72. The predicted molar refractivity (Wildman–Crippen MR) is 81.1 cm³/mol. The fraction of sp³-hybridized carbons (Fsp3) is 0.375. The summed E-state index contributed by atoms with van der Waals surface area (Å²) in [5.74, 6) is 1.35. The average molecular weight is 257 g/mol. The van der Waals surface area contributed by atoms with Gasteiger partial charge in [0, 0.05) is 18.3 Å². The summed E-state index contributed by atoms with van der Waals surface area (Å²) in [6.45, 7) is 2.13. The third-order valence-corrected chi connectivity index (χ3v) is 4.99. The molecule has 1 unspecified atom stereocenters. The standard InChI is InChI=1S/C16H19NS/c1-2-9-16-13(5-1)6-3-7-14(16)11-17-12-15-8-4-10-18-15/h1-3,5-7,9,15,17H,4,8,10-12H2. The highest BCUT2D eigenvalue weighted by molar-refractivity contribution is 8.00. The van der Waals surface area contributed by atoms with Crippen LogP contribution >= 0.6 is 11.8 Å². The predicted octanol–water partition coefficient (Wildman–Crippen LogP) is 3.83. The maximum atomic E-state index is 3.61. The van der Waals surface area contributed by atoms with Gasteiger partial charge in [0.1, 0.15) is 0 Å². The number of hydrogen-bond donors (Lipinski definition) is 1. The van der Waals surface area contributed by atoms with Crippen molar-refractivity contribution in [3.8, 4) is 0 Å². The quantitative estimate of drug-likeness (QED) is 0.893. The Morgan fingerprint density at radius 3 is 2.89 bits per heavy atom. The maximum Gasteiger partial charge on any atom is 0.0212 e. The van der Waals surface area contributed by atoms with Crippen LogP contribution in [0.3, 0.4) is 0 Å². The second-order valence-electron chi connectivity index (χ2n) is 4.90. The van der Waals surface area contributed by atoms with E-state index in [1.807, 2.05) is 0 Å². The SMILES string of the molecule is c1ccc2c(CNCC3CCCS3)cccc2c1. The molecule has 3 rings (SSSR count). The molecule has 2 aromatic rings. The highest BCUT2D eigenvalue weighted by atomic mass is 32.2. The lowest BCUT2D eigenvalue weighted by atomic mass is 10.0. The summed E-state index contributed by atoms with van der Waals surface area (Å²) < 4.78 is 0. The van der Waals surface area contributed by atoms with Crippen LogP contribution in [0.2, 0.25) is 0 Å². The van der Waals surface area contributed by atoms with Gasteiger partial charge >= 0.3 is 0 Å². The van der Waals surface area contributed by atoms with Crippen LogP contribution in [0, 0.1) is 0 Å². The molecule has 0 radical (unpaired) electrons. The lowest BCUT2D eigenvalue weighted by Crippen LogP contribution is -2.22. The van der Waals surface area contributed by atoms with Crippen molar-refractivity contribution in [3.05, 3.63) is 48.0 Å². The van der Waals surface area contributed by atoms with Gasteiger partial charge in [0.2, 0.25) is 0 Å². The molecular formula is C16H19NS. The van der Waals surface area contributed by atoms with Crippen molar-refractivity contribution < 1.29 is 0 Å². The third kappa shape index (κ3) is 2.70. The molecule has 0 bridgehead atoms. The molecule has 1 saturated heterocycles. The Balaban J connectivity index is 1.66. The number of thioether (sulfide) groups is 1. The van der Waals surface area contributed by atoms with E-state index in [2.05, 4.69) is 59.5 Å². The summed E-state index contributed by atoms with van der Waals surface area (Å²) in [7, 11) is 0. The Labute approximate surface area is 113 Å². The highest BCUT2D eigenvalue weighted by Gasteiger charge is 2.14. The number of benzene rings is 2. The molecule has 0 amide bonds. The van der Waals surface area contributed by atoms with Crippen molar-refractivity contribution in [2.24, 2.45) is 0 Å². The van der Waals surface area contributed by atoms with Crippen LogP contribution in [0.4, 0.5) is 0 Å². The van der Waals surface area contributed by atoms with Gasteiger partial charge in [-0.25, -0.2) is 0 Å². The minimum absolute atomic E-state index is 0.833. The average Bonchev–Trinajstić information content (AvgIpc) is 2.92. The van der Waals surface area contributed by atoms with Crippen molar-refractivity contribution in [3.63, 3.8) is 0 Å². The summed E-state index contributed by atoms with van der Waals surface area (Å²) >= 11 is 2.12. The highest BCUT2D eigenvalue weighted by Crippen LogP contribution is 2.25. The third-order valence-electron chi connectivity index (χ3n) is 3.59. The molecule has 1 nitrogen and oxygen atoms in total. The minimum atomic E-state index is 0.833. The molecule has 0 spiro atoms. The van der Waals surface area contributed by atoms with Crippen LogP contribution in [0.25, 0.3) is 10.8 Å². The topological polar surface area (TPSA) is 12.0 Å². The lowest BCUT2D eigenvalue weighted by Gasteiger charge is -2.11. The molecule has 1 N–H and O–H groups in total. The first-order valence-corrected chi connectivity index (χ1v) is 7.77. The van der Waals surface area contributed by atoms with Crippen molar-refractivity contribution in [1.29, 1.82) is 0 Å². The van der Waals surface area contributed by atoms with Crippen LogP contribution in [0.15, 0.2) is 42.5 Å². The zero-order chi connectivity index (χ0) is 12.2. The van der Waals surface area contributed by atoms with E-state index in [1.54, 1.807) is 0 Å². The van der Waals surface area contributed by atoms with E-state index < -0.39 is 0 Å². The molecule has 94 valence electrons. The van der Waals surface area contributed by atoms with Crippen LogP contribution < -0.4 is 5.32 Å². The van der Waals surface area contributed by atoms with Crippen LogP contribution in [0.5, 0.6) is 0 Å². The van der Waals surface area contributed by atoms with Crippen molar-refractivity contribution in [2.75, 3.05) is 12.3 Å². The van der Waals surface area contributed by atoms with E-state index in [1.165, 1.54) is 34.9 Å². The normalized spacial score (nSPS) is 19.4. The van der Waals surface area contributed by atoms with Gasteiger partial charge in [-0.2, -0.15) is 11.8 Å². The summed E-state index contributed by atoms with van der Waals surface area (Å²) in [6, 6.07) is 15.2. The van der Waals surface area contributed by atoms with Crippen LogP contribution in [-0.2, 0) is 6.54 Å². The van der Waals surface area contributed by atoms with Gasteiger partial charge in [0.25, 0.3) is 0 Å². The first-order chi connectivity index (χ1) is 8.93. The minimum Gasteiger partial charge on any atom is -0.312 e. The Hall–Kier alpha value is -0.990. The smallest absolute Gasteiger partial charge is 0.0212 e. The van der Waals surface area contributed by atoms with E-state index in [4.69, 9.17) is 0 Å². The molecule has 1 heterocycles. The molecule has 2 aromatic carbocycles. The van der Waals surface area contributed by atoms with E-state index in [0.29, 0.717) is 0 Å². The van der Waals surface area contributed by atoms with Gasteiger partial charge in [-0.3, -0.25) is 0 Å². The molecule has 0 aliphatic carbocycles. The second kappa shape index (κ2) is 5.77. The van der Waals surface area contributed by atoms with Crippen LogP contribution in [0.1, 0.15) is 18.4 Å². The Bertz CT molecular complexity index is 512. The summed E-state index contributed by atoms with van der Waals surface area (Å²) in [6.07, 6.45) is 2.78. The molecule has 1 fully saturated rings. The molecule has 18 heavy (non-hydrogen) atoms. The monoisotopic (exact) mass is 257 g/mol. The number of nitrogens with one attached hydrogen (secondary N) is 1. The number of fused-ring (bicyclic) bond motifs is 1. The van der Waals surface area contributed by atoms with E-state index in [9.17, 15) is 0 Å². The number of hydrogen-bond acceptors (Lipinski definition) is 2. The molecule has 0 saturated carbocycles. The molecule has 1 aliphatic heterocycles. The zero-order valence-electron chi connectivity index (χ0n) is 10.6. The fourth-order valence-corrected chi connectivity index (χ4v) is 3.86. The van der Waals surface area contributed by atoms with Gasteiger partial charge in [0.15, 0.2) is 0 Å². The molecule has 1 atom stereocenters. The second-order valence-corrected chi connectivity index (χ2v) is 6.31. The van der Waals surface area contributed by atoms with Crippen LogP contribution in [-0.4, -0.2) is 17.5 Å². The maximum absolute atomic E-state index is 3.61. The van der Waals surface area contributed by atoms with E-state index >= 15 is 0 Å². The summed E-state index contributed by atoms with van der Waals surface area (Å²) in [5.41, 5.74) is 1.41. The summed E-state index contributed by atoms with van der Waals surface area (Å²) in [4.78, 5) is 0. The van der Waals surface area contributed by atoms with Gasteiger partial charge in [-0.05, 0) is 34.9 Å².